The topological polar surface area (TPSA) is 92.9 Å². The molecule has 0 spiro atoms. The van der Waals surface area contributed by atoms with Crippen LogP contribution in [-0.2, 0) is 4.79 Å². The van der Waals surface area contributed by atoms with Gasteiger partial charge in [0, 0.05) is 12.1 Å². The number of nitrogens with zero attached hydrogens (tertiary/aromatic N) is 2. The molecular formula is C14H16N2O5. The van der Waals surface area contributed by atoms with Crippen LogP contribution >= 0.6 is 0 Å². The van der Waals surface area contributed by atoms with E-state index < -0.39 is 16.8 Å². The van der Waals surface area contributed by atoms with Gasteiger partial charge in [0.15, 0.2) is 0 Å². The standard InChI is InChI=1S/C14H16N2O5/c1-21-9-3-5-12(13(7-9)16(19)20)15-8-2-4-11(15)10(6-8)14(17)18/h3,5,7-8,10-11H,2,4,6H2,1H3,(H,17,18). The number of hydrogen-bond donors (Lipinski definition) is 1. The van der Waals surface area contributed by atoms with E-state index in [0.717, 1.165) is 12.8 Å². The van der Waals surface area contributed by atoms with Crippen molar-refractivity contribution >= 4 is 17.3 Å². The van der Waals surface area contributed by atoms with Crippen molar-refractivity contribution in [2.45, 2.75) is 31.3 Å². The molecule has 0 saturated carbocycles. The molecule has 3 rings (SSSR count). The third kappa shape index (κ3) is 2.09. The van der Waals surface area contributed by atoms with Crippen molar-refractivity contribution in [1.29, 1.82) is 0 Å². The molecule has 0 aromatic heterocycles. The number of nitro benzene ring substituents is 1. The second-order valence-corrected chi connectivity index (χ2v) is 5.50. The first-order valence-corrected chi connectivity index (χ1v) is 6.86. The monoisotopic (exact) mass is 292 g/mol. The van der Waals surface area contributed by atoms with Gasteiger partial charge in [0.1, 0.15) is 11.4 Å². The van der Waals surface area contributed by atoms with Crippen molar-refractivity contribution < 1.29 is 19.6 Å². The van der Waals surface area contributed by atoms with Crippen molar-refractivity contribution in [1.82, 2.24) is 0 Å². The van der Waals surface area contributed by atoms with Gasteiger partial charge in [0.05, 0.1) is 24.0 Å². The van der Waals surface area contributed by atoms with Crippen LogP contribution in [0.2, 0.25) is 0 Å². The quantitative estimate of drug-likeness (QED) is 0.674. The van der Waals surface area contributed by atoms with Crippen LogP contribution in [0.5, 0.6) is 5.75 Å². The van der Waals surface area contributed by atoms with E-state index in [4.69, 9.17) is 4.74 Å². The number of rotatable bonds is 4. The number of fused-ring (bicyclic) bond motifs is 2. The first-order chi connectivity index (χ1) is 10.0. The summed E-state index contributed by atoms with van der Waals surface area (Å²) in [6.07, 6.45) is 2.21. The largest absolute Gasteiger partial charge is 0.496 e. The second-order valence-electron chi connectivity index (χ2n) is 5.50. The summed E-state index contributed by atoms with van der Waals surface area (Å²) in [6, 6.07) is 4.65. The van der Waals surface area contributed by atoms with Crippen molar-refractivity contribution in [3.63, 3.8) is 0 Å². The van der Waals surface area contributed by atoms with E-state index in [1.54, 1.807) is 12.1 Å². The molecule has 7 nitrogen and oxygen atoms in total. The van der Waals surface area contributed by atoms with Gasteiger partial charge in [0.2, 0.25) is 0 Å². The van der Waals surface area contributed by atoms with Crippen molar-refractivity contribution in [3.8, 4) is 5.75 Å². The maximum Gasteiger partial charge on any atom is 0.308 e. The smallest absolute Gasteiger partial charge is 0.308 e. The normalized spacial score (nSPS) is 26.9. The molecule has 21 heavy (non-hydrogen) atoms. The molecule has 1 N–H and O–H groups in total. The van der Waals surface area contributed by atoms with Gasteiger partial charge in [-0.1, -0.05) is 0 Å². The van der Waals surface area contributed by atoms with E-state index in [9.17, 15) is 20.0 Å². The highest BCUT2D eigenvalue weighted by molar-refractivity contribution is 5.76. The zero-order valence-corrected chi connectivity index (χ0v) is 11.6. The predicted octanol–water partition coefficient (Wildman–Crippen LogP) is 2.05. The Balaban J connectivity index is 2.01. The van der Waals surface area contributed by atoms with Gasteiger partial charge in [-0.05, 0) is 31.4 Å². The van der Waals surface area contributed by atoms with Crippen LogP contribution in [0, 0.1) is 16.0 Å². The summed E-state index contributed by atoms with van der Waals surface area (Å²) in [5.74, 6) is -0.833. The first kappa shape index (κ1) is 13.7. The van der Waals surface area contributed by atoms with E-state index in [2.05, 4.69) is 0 Å². The minimum atomic E-state index is -0.816. The molecule has 2 fully saturated rings. The van der Waals surface area contributed by atoms with Gasteiger partial charge in [-0.25, -0.2) is 0 Å². The van der Waals surface area contributed by atoms with E-state index in [0.29, 0.717) is 17.9 Å². The summed E-state index contributed by atoms with van der Waals surface area (Å²) >= 11 is 0. The number of benzene rings is 1. The second kappa shape index (κ2) is 4.91. The third-order valence-electron chi connectivity index (χ3n) is 4.51. The average molecular weight is 292 g/mol. The molecule has 2 saturated heterocycles. The zero-order chi connectivity index (χ0) is 15.1. The van der Waals surface area contributed by atoms with Gasteiger partial charge < -0.3 is 14.7 Å². The van der Waals surface area contributed by atoms with Crippen LogP contribution in [0.15, 0.2) is 18.2 Å². The Morgan fingerprint density at radius 1 is 1.48 bits per heavy atom. The number of ether oxygens (including phenoxy) is 1. The first-order valence-electron chi connectivity index (χ1n) is 6.86. The number of aliphatic carboxylic acids is 1. The van der Waals surface area contributed by atoms with Crippen LogP contribution in [0.25, 0.3) is 0 Å². The fourth-order valence-corrected chi connectivity index (χ4v) is 3.62. The highest BCUT2D eigenvalue weighted by Gasteiger charge is 2.50. The molecule has 0 radical (unpaired) electrons. The number of anilines is 1. The molecule has 3 atom stereocenters. The van der Waals surface area contributed by atoms with E-state index in [1.807, 2.05) is 4.90 Å². The summed E-state index contributed by atoms with van der Waals surface area (Å²) in [5, 5.41) is 20.6. The lowest BCUT2D eigenvalue weighted by Crippen LogP contribution is -2.33. The molecule has 2 aliphatic heterocycles. The number of methoxy groups -OCH3 is 1. The molecule has 3 unspecified atom stereocenters. The fraction of sp³-hybridized carbons (Fsp3) is 0.500. The fourth-order valence-electron chi connectivity index (χ4n) is 3.62. The van der Waals surface area contributed by atoms with Crippen LogP contribution in [0.1, 0.15) is 19.3 Å². The molecule has 2 heterocycles. The van der Waals surface area contributed by atoms with Crippen LogP contribution in [0.3, 0.4) is 0 Å². The van der Waals surface area contributed by atoms with Crippen molar-refractivity contribution in [2.75, 3.05) is 12.0 Å². The summed E-state index contributed by atoms with van der Waals surface area (Å²) in [5.41, 5.74) is 0.467. The van der Waals surface area contributed by atoms with E-state index in [-0.39, 0.29) is 17.8 Å². The van der Waals surface area contributed by atoms with Crippen LogP contribution in [-0.4, -0.2) is 35.2 Å². The minimum Gasteiger partial charge on any atom is -0.496 e. The Morgan fingerprint density at radius 2 is 2.24 bits per heavy atom. The number of carboxylic acid groups (broad SMARTS) is 1. The number of carboxylic acids is 1. The number of carbonyl (C=O) groups is 1. The molecule has 1 aromatic rings. The Morgan fingerprint density at radius 3 is 2.81 bits per heavy atom. The SMILES string of the molecule is COc1ccc(N2C3CCC2C(C(=O)O)C3)c([N+](=O)[O-])c1. The van der Waals surface area contributed by atoms with Crippen LogP contribution < -0.4 is 9.64 Å². The molecule has 112 valence electrons. The van der Waals surface area contributed by atoms with Gasteiger partial charge in [-0.3, -0.25) is 14.9 Å². The van der Waals surface area contributed by atoms with Crippen LogP contribution in [0.4, 0.5) is 11.4 Å². The van der Waals surface area contributed by atoms with Gasteiger partial charge >= 0.3 is 5.97 Å². The van der Waals surface area contributed by atoms with Gasteiger partial charge in [0.25, 0.3) is 5.69 Å². The number of hydrogen-bond acceptors (Lipinski definition) is 5. The molecular weight excluding hydrogens is 276 g/mol. The maximum absolute atomic E-state index is 11.3. The predicted molar refractivity (Wildman–Crippen MR) is 74.7 cm³/mol. The lowest BCUT2D eigenvalue weighted by Gasteiger charge is -2.25. The van der Waals surface area contributed by atoms with E-state index in [1.165, 1.54) is 13.2 Å². The summed E-state index contributed by atoms with van der Waals surface area (Å²) in [7, 11) is 1.46. The lowest BCUT2D eigenvalue weighted by atomic mass is 9.89. The summed E-state index contributed by atoms with van der Waals surface area (Å²) in [4.78, 5) is 24.1. The molecule has 2 aliphatic rings. The molecule has 7 heteroatoms. The summed E-state index contributed by atoms with van der Waals surface area (Å²) < 4.78 is 5.03. The maximum atomic E-state index is 11.3. The Kier molecular flexibility index (Phi) is 3.19. The Bertz CT molecular complexity index is 603. The number of nitro groups is 1. The van der Waals surface area contributed by atoms with Crippen molar-refractivity contribution in [2.24, 2.45) is 5.92 Å². The zero-order valence-electron chi connectivity index (χ0n) is 11.6. The van der Waals surface area contributed by atoms with Gasteiger partial charge in [-0.15, -0.1) is 0 Å². The Hall–Kier alpha value is -2.31. The third-order valence-corrected chi connectivity index (χ3v) is 4.51. The lowest BCUT2D eigenvalue weighted by molar-refractivity contribution is -0.384. The highest BCUT2D eigenvalue weighted by atomic mass is 16.6. The minimum absolute atomic E-state index is 0.0303. The molecule has 2 bridgehead atoms. The molecule has 0 aliphatic carbocycles. The van der Waals surface area contributed by atoms with E-state index >= 15 is 0 Å². The molecule has 0 amide bonds. The van der Waals surface area contributed by atoms with Crippen molar-refractivity contribution in [3.05, 3.63) is 28.3 Å². The highest BCUT2D eigenvalue weighted by Crippen LogP contribution is 2.47. The Labute approximate surface area is 121 Å². The average Bonchev–Trinajstić information content (AvgIpc) is 3.04. The summed E-state index contributed by atoms with van der Waals surface area (Å²) in [6.45, 7) is 0. The molecule has 1 aromatic carbocycles. The van der Waals surface area contributed by atoms with Gasteiger partial charge in [-0.2, -0.15) is 0 Å².